The lowest BCUT2D eigenvalue weighted by Crippen LogP contribution is -2.23. The molecule has 0 spiro atoms. The number of aryl methyl sites for hydroxylation is 2. The lowest BCUT2D eigenvalue weighted by Gasteiger charge is -2.22. The Morgan fingerprint density at radius 2 is 2.19 bits per heavy atom. The van der Waals surface area contributed by atoms with Gasteiger partial charge in [-0.2, -0.15) is 0 Å². The normalized spacial score (nSPS) is 12.7. The standard InChI is InChI=1S/C14H19N3O3S/c1-8(13-9(2)21-10(3)15-13)17(4)6-12-16-11(7-20-12)14(18)19-5/h7-8H,6H2,1-5H3. The molecule has 1 unspecified atom stereocenters. The fourth-order valence-electron chi connectivity index (χ4n) is 2.07. The second-order valence-corrected chi connectivity index (χ2v) is 6.29. The summed E-state index contributed by atoms with van der Waals surface area (Å²) >= 11 is 1.69. The monoisotopic (exact) mass is 309 g/mol. The number of methoxy groups -OCH3 is 1. The molecule has 0 saturated carbocycles. The van der Waals surface area contributed by atoms with Crippen molar-refractivity contribution in [2.24, 2.45) is 0 Å². The van der Waals surface area contributed by atoms with Gasteiger partial charge in [0.25, 0.3) is 0 Å². The van der Waals surface area contributed by atoms with Gasteiger partial charge >= 0.3 is 5.97 Å². The quantitative estimate of drug-likeness (QED) is 0.791. The molecule has 7 heteroatoms. The van der Waals surface area contributed by atoms with Crippen LogP contribution in [0.3, 0.4) is 0 Å². The summed E-state index contributed by atoms with van der Waals surface area (Å²) < 4.78 is 9.91. The third-order valence-corrected chi connectivity index (χ3v) is 4.23. The first-order valence-corrected chi connectivity index (χ1v) is 7.41. The van der Waals surface area contributed by atoms with E-state index >= 15 is 0 Å². The number of esters is 1. The number of thiazole rings is 1. The van der Waals surface area contributed by atoms with Crippen LogP contribution in [0.2, 0.25) is 0 Å². The van der Waals surface area contributed by atoms with Crippen molar-refractivity contribution in [2.75, 3.05) is 14.2 Å². The van der Waals surface area contributed by atoms with Crippen molar-refractivity contribution in [3.8, 4) is 0 Å². The Hall–Kier alpha value is -1.73. The van der Waals surface area contributed by atoms with Crippen LogP contribution in [-0.4, -0.2) is 35.0 Å². The first kappa shape index (κ1) is 15.7. The number of rotatable bonds is 5. The molecule has 6 nitrogen and oxygen atoms in total. The van der Waals surface area contributed by atoms with Crippen molar-refractivity contribution in [1.29, 1.82) is 0 Å². The highest BCUT2D eigenvalue weighted by Gasteiger charge is 2.20. The topological polar surface area (TPSA) is 68.5 Å². The smallest absolute Gasteiger partial charge is 0.360 e. The number of oxazole rings is 1. The van der Waals surface area contributed by atoms with Crippen molar-refractivity contribution in [3.63, 3.8) is 0 Å². The van der Waals surface area contributed by atoms with E-state index in [4.69, 9.17) is 4.42 Å². The Kier molecular flexibility index (Phi) is 4.74. The highest BCUT2D eigenvalue weighted by Crippen LogP contribution is 2.26. The molecule has 0 aliphatic rings. The van der Waals surface area contributed by atoms with Crippen molar-refractivity contribution in [2.45, 2.75) is 33.4 Å². The zero-order chi connectivity index (χ0) is 15.6. The zero-order valence-corrected chi connectivity index (χ0v) is 13.7. The van der Waals surface area contributed by atoms with E-state index < -0.39 is 5.97 Å². The van der Waals surface area contributed by atoms with E-state index in [9.17, 15) is 4.79 Å². The third-order valence-electron chi connectivity index (χ3n) is 3.33. The predicted molar refractivity (Wildman–Crippen MR) is 79.3 cm³/mol. The summed E-state index contributed by atoms with van der Waals surface area (Å²) in [5.74, 6) is -0.0129. The van der Waals surface area contributed by atoms with Crippen LogP contribution in [0.1, 0.15) is 44.9 Å². The fourth-order valence-corrected chi connectivity index (χ4v) is 2.98. The van der Waals surface area contributed by atoms with Gasteiger partial charge in [0.05, 0.1) is 30.4 Å². The second kappa shape index (κ2) is 6.36. The number of hydrogen-bond acceptors (Lipinski definition) is 7. The van der Waals surface area contributed by atoms with Gasteiger partial charge in [-0.1, -0.05) is 0 Å². The molecule has 2 aromatic heterocycles. The maximum atomic E-state index is 11.3. The SMILES string of the molecule is COC(=O)c1coc(CN(C)C(C)c2nc(C)sc2C)n1. The molecule has 2 aromatic rings. The molecule has 0 N–H and O–H groups in total. The van der Waals surface area contributed by atoms with E-state index in [1.165, 1.54) is 18.3 Å². The molecule has 0 saturated heterocycles. The second-order valence-electron chi connectivity index (χ2n) is 4.88. The molecule has 0 aliphatic heterocycles. The molecule has 21 heavy (non-hydrogen) atoms. The summed E-state index contributed by atoms with van der Waals surface area (Å²) in [5, 5.41) is 1.06. The zero-order valence-electron chi connectivity index (χ0n) is 12.8. The summed E-state index contributed by atoms with van der Waals surface area (Å²) in [4.78, 5) is 23.3. The first-order chi connectivity index (χ1) is 9.92. The highest BCUT2D eigenvalue weighted by molar-refractivity contribution is 7.11. The maximum absolute atomic E-state index is 11.3. The van der Waals surface area contributed by atoms with Gasteiger partial charge in [0.15, 0.2) is 5.69 Å². The summed E-state index contributed by atoms with van der Waals surface area (Å²) in [7, 11) is 3.29. The van der Waals surface area contributed by atoms with Gasteiger partial charge in [-0.05, 0) is 27.8 Å². The number of carbonyl (C=O) groups excluding carboxylic acids is 1. The molecular weight excluding hydrogens is 290 g/mol. The van der Waals surface area contributed by atoms with E-state index in [0.717, 1.165) is 10.7 Å². The molecule has 0 amide bonds. The summed E-state index contributed by atoms with van der Waals surface area (Å²) in [6.45, 7) is 6.66. The van der Waals surface area contributed by atoms with E-state index in [-0.39, 0.29) is 11.7 Å². The minimum Gasteiger partial charge on any atom is -0.464 e. The molecule has 114 valence electrons. The van der Waals surface area contributed by atoms with Crippen molar-refractivity contribution in [3.05, 3.63) is 33.4 Å². The van der Waals surface area contributed by atoms with Crippen LogP contribution >= 0.6 is 11.3 Å². The van der Waals surface area contributed by atoms with Gasteiger partial charge in [0.2, 0.25) is 5.89 Å². The largest absolute Gasteiger partial charge is 0.464 e. The van der Waals surface area contributed by atoms with Gasteiger partial charge in [-0.3, -0.25) is 4.90 Å². The van der Waals surface area contributed by atoms with E-state index in [1.54, 1.807) is 11.3 Å². The number of hydrogen-bond donors (Lipinski definition) is 0. The molecule has 0 aliphatic carbocycles. The molecule has 0 fully saturated rings. The number of ether oxygens (including phenoxy) is 1. The Morgan fingerprint density at radius 3 is 2.76 bits per heavy atom. The number of aromatic nitrogens is 2. The number of nitrogens with zero attached hydrogens (tertiary/aromatic N) is 3. The van der Waals surface area contributed by atoms with Gasteiger partial charge in [0.1, 0.15) is 6.26 Å². The third kappa shape index (κ3) is 3.48. The van der Waals surface area contributed by atoms with Crippen LogP contribution in [0, 0.1) is 13.8 Å². The Morgan fingerprint density at radius 1 is 1.48 bits per heavy atom. The Labute approximate surface area is 127 Å². The van der Waals surface area contributed by atoms with Crippen molar-refractivity contribution >= 4 is 17.3 Å². The van der Waals surface area contributed by atoms with Crippen LogP contribution in [-0.2, 0) is 11.3 Å². The van der Waals surface area contributed by atoms with Gasteiger partial charge in [-0.15, -0.1) is 11.3 Å². The first-order valence-electron chi connectivity index (χ1n) is 6.59. The molecule has 0 radical (unpaired) electrons. The molecule has 2 rings (SSSR count). The van der Waals surface area contributed by atoms with Crippen LogP contribution in [0.5, 0.6) is 0 Å². The average molecular weight is 309 g/mol. The Bertz CT molecular complexity index is 635. The number of carbonyl (C=O) groups is 1. The average Bonchev–Trinajstić information content (AvgIpc) is 3.03. The molecule has 1 atom stereocenters. The molecule has 2 heterocycles. The summed E-state index contributed by atoms with van der Waals surface area (Å²) in [6.07, 6.45) is 1.32. The molecule has 0 bridgehead atoms. The van der Waals surface area contributed by atoms with Crippen LogP contribution in [0.15, 0.2) is 10.7 Å². The van der Waals surface area contributed by atoms with Crippen LogP contribution in [0.4, 0.5) is 0 Å². The van der Waals surface area contributed by atoms with E-state index in [2.05, 4.69) is 33.5 Å². The minimum absolute atomic E-state index is 0.142. The van der Waals surface area contributed by atoms with Gasteiger partial charge < -0.3 is 9.15 Å². The minimum atomic E-state index is -0.494. The fraction of sp³-hybridized carbons (Fsp3) is 0.500. The molecule has 0 aromatic carbocycles. The van der Waals surface area contributed by atoms with Crippen LogP contribution < -0.4 is 0 Å². The maximum Gasteiger partial charge on any atom is 0.360 e. The predicted octanol–water partition coefficient (Wildman–Crippen LogP) is 2.73. The lowest BCUT2D eigenvalue weighted by atomic mass is 10.2. The van der Waals surface area contributed by atoms with E-state index in [1.807, 2.05) is 14.0 Å². The Balaban J connectivity index is 2.07. The van der Waals surface area contributed by atoms with Crippen molar-refractivity contribution in [1.82, 2.24) is 14.9 Å². The van der Waals surface area contributed by atoms with Crippen molar-refractivity contribution < 1.29 is 13.9 Å². The van der Waals surface area contributed by atoms with Gasteiger partial charge in [0, 0.05) is 4.88 Å². The van der Waals surface area contributed by atoms with Gasteiger partial charge in [-0.25, -0.2) is 14.8 Å². The summed E-state index contributed by atoms with van der Waals surface area (Å²) in [5.41, 5.74) is 1.26. The summed E-state index contributed by atoms with van der Waals surface area (Å²) in [6, 6.07) is 0.142. The van der Waals surface area contributed by atoms with E-state index in [0.29, 0.717) is 12.4 Å². The lowest BCUT2D eigenvalue weighted by molar-refractivity contribution is 0.0594. The van der Waals surface area contributed by atoms with Crippen LogP contribution in [0.25, 0.3) is 0 Å². The highest BCUT2D eigenvalue weighted by atomic mass is 32.1. The molecular formula is C14H19N3O3S.